The number of benzene rings is 1. The van der Waals surface area contributed by atoms with Gasteiger partial charge in [-0.15, -0.1) is 0 Å². The average molecular weight is 458 g/mol. The zero-order valence-electron chi connectivity index (χ0n) is 17.5. The molecule has 6 nitrogen and oxygen atoms in total. The predicted molar refractivity (Wildman–Crippen MR) is 111 cm³/mol. The number of aliphatic hydroxyl groups is 3. The SMILES string of the molecule is O=C(O)CCC/C=C\CC1C(O)CC(O)C1/C=C/C(O)COc1cccc(C(F)(F)F)c1. The van der Waals surface area contributed by atoms with Crippen molar-refractivity contribution in [2.75, 3.05) is 6.61 Å². The van der Waals surface area contributed by atoms with Crippen LogP contribution in [0.3, 0.4) is 0 Å². The van der Waals surface area contributed by atoms with E-state index in [0.29, 0.717) is 19.3 Å². The zero-order valence-corrected chi connectivity index (χ0v) is 17.5. The number of carboxylic acids is 1. The summed E-state index contributed by atoms with van der Waals surface area (Å²) in [5.74, 6) is -1.55. The Labute approximate surface area is 184 Å². The fraction of sp³-hybridized carbons (Fsp3) is 0.522. The summed E-state index contributed by atoms with van der Waals surface area (Å²) in [7, 11) is 0. The standard InChI is InChI=1S/C23H29F3O6/c24-23(25,26)15-6-5-7-17(12-15)32-14-16(27)10-11-19-18(20(28)13-21(19)29)8-3-1-2-4-9-22(30)31/h1,3,5-7,10-12,16,18-21,27-29H,2,4,8-9,13-14H2,(H,30,31)/b3-1-,11-10+. The largest absolute Gasteiger partial charge is 0.491 e. The Morgan fingerprint density at radius 1 is 1.22 bits per heavy atom. The number of carboxylic acid groups (broad SMARTS) is 1. The highest BCUT2D eigenvalue weighted by Crippen LogP contribution is 2.36. The lowest BCUT2D eigenvalue weighted by molar-refractivity contribution is -0.138. The van der Waals surface area contributed by atoms with Crippen molar-refractivity contribution in [3.63, 3.8) is 0 Å². The van der Waals surface area contributed by atoms with Crippen molar-refractivity contribution in [3.05, 3.63) is 54.1 Å². The molecule has 0 bridgehead atoms. The van der Waals surface area contributed by atoms with E-state index in [9.17, 15) is 33.3 Å². The van der Waals surface area contributed by atoms with Crippen molar-refractivity contribution in [3.8, 4) is 5.75 Å². The van der Waals surface area contributed by atoms with Crippen LogP contribution in [0.25, 0.3) is 0 Å². The number of hydrogen-bond acceptors (Lipinski definition) is 5. The molecule has 0 amide bonds. The van der Waals surface area contributed by atoms with E-state index < -0.39 is 41.9 Å². The second-order valence-corrected chi connectivity index (χ2v) is 7.89. The molecule has 178 valence electrons. The molecule has 4 N–H and O–H groups in total. The molecule has 32 heavy (non-hydrogen) atoms. The lowest BCUT2D eigenvalue weighted by atomic mass is 9.89. The Morgan fingerprint density at radius 3 is 2.66 bits per heavy atom. The van der Waals surface area contributed by atoms with Crippen molar-refractivity contribution in [2.24, 2.45) is 11.8 Å². The fourth-order valence-corrected chi connectivity index (χ4v) is 3.70. The van der Waals surface area contributed by atoms with Crippen LogP contribution < -0.4 is 4.74 Å². The third-order valence-corrected chi connectivity index (χ3v) is 5.39. The lowest BCUT2D eigenvalue weighted by Crippen LogP contribution is -2.21. The molecule has 0 spiro atoms. The Hall–Kier alpha value is -2.36. The molecule has 0 saturated heterocycles. The maximum Gasteiger partial charge on any atom is 0.416 e. The van der Waals surface area contributed by atoms with Gasteiger partial charge in [0.2, 0.25) is 0 Å². The van der Waals surface area contributed by atoms with Crippen LogP contribution in [-0.2, 0) is 11.0 Å². The summed E-state index contributed by atoms with van der Waals surface area (Å²) in [5, 5.41) is 39.2. The van der Waals surface area contributed by atoms with Crippen LogP contribution in [0.1, 0.15) is 37.7 Å². The first-order chi connectivity index (χ1) is 15.1. The van der Waals surface area contributed by atoms with Gasteiger partial charge in [0.05, 0.1) is 17.8 Å². The van der Waals surface area contributed by atoms with Crippen molar-refractivity contribution in [1.29, 1.82) is 0 Å². The number of halogens is 3. The third-order valence-electron chi connectivity index (χ3n) is 5.39. The second-order valence-electron chi connectivity index (χ2n) is 7.89. The number of aliphatic carboxylic acids is 1. The van der Waals surface area contributed by atoms with Crippen LogP contribution in [0.5, 0.6) is 5.75 Å². The summed E-state index contributed by atoms with van der Waals surface area (Å²) in [4.78, 5) is 10.5. The molecular weight excluding hydrogens is 429 g/mol. The number of unbranched alkanes of at least 4 members (excludes halogenated alkanes) is 1. The Morgan fingerprint density at radius 2 is 1.97 bits per heavy atom. The normalized spacial score (nSPS) is 24.9. The van der Waals surface area contributed by atoms with Crippen molar-refractivity contribution in [2.45, 2.75) is 56.6 Å². The van der Waals surface area contributed by atoms with Crippen molar-refractivity contribution >= 4 is 5.97 Å². The molecule has 1 aromatic carbocycles. The number of alkyl halides is 3. The van der Waals surface area contributed by atoms with E-state index in [2.05, 4.69) is 0 Å². The Kier molecular flexibility index (Phi) is 9.74. The molecule has 0 aromatic heterocycles. The van der Waals surface area contributed by atoms with Crippen LogP contribution in [-0.4, -0.2) is 51.3 Å². The minimum atomic E-state index is -4.49. The monoisotopic (exact) mass is 458 g/mol. The maximum absolute atomic E-state index is 12.8. The van der Waals surface area contributed by atoms with Gasteiger partial charge < -0.3 is 25.2 Å². The van der Waals surface area contributed by atoms with E-state index in [4.69, 9.17) is 9.84 Å². The van der Waals surface area contributed by atoms with Crippen molar-refractivity contribution < 1.29 is 43.1 Å². The molecule has 0 heterocycles. The van der Waals surface area contributed by atoms with Crippen LogP contribution in [0.2, 0.25) is 0 Å². The summed E-state index contributed by atoms with van der Waals surface area (Å²) in [6.45, 7) is -0.267. The molecule has 5 atom stereocenters. The number of allylic oxidation sites excluding steroid dienone is 2. The smallest absolute Gasteiger partial charge is 0.416 e. The van der Waals surface area contributed by atoms with E-state index in [1.165, 1.54) is 18.2 Å². The molecule has 0 aliphatic heterocycles. The number of ether oxygens (including phenoxy) is 1. The van der Waals surface area contributed by atoms with Crippen LogP contribution >= 0.6 is 0 Å². The van der Waals surface area contributed by atoms with Gasteiger partial charge in [-0.3, -0.25) is 4.79 Å². The molecule has 1 saturated carbocycles. The molecule has 5 unspecified atom stereocenters. The Balaban J connectivity index is 1.87. The van der Waals surface area contributed by atoms with Gasteiger partial charge in [0, 0.05) is 18.8 Å². The molecule has 1 fully saturated rings. The van der Waals surface area contributed by atoms with Gasteiger partial charge in [0.15, 0.2) is 0 Å². The number of hydrogen-bond donors (Lipinski definition) is 4. The first kappa shape index (κ1) is 25.9. The Bertz CT molecular complexity index is 792. The van der Waals surface area contributed by atoms with Gasteiger partial charge in [0.25, 0.3) is 0 Å². The van der Waals surface area contributed by atoms with Crippen LogP contribution in [0.15, 0.2) is 48.6 Å². The third kappa shape index (κ3) is 8.29. The molecule has 1 aliphatic rings. The fourth-order valence-electron chi connectivity index (χ4n) is 3.70. The van der Waals surface area contributed by atoms with E-state index in [-0.39, 0.29) is 31.1 Å². The summed E-state index contributed by atoms with van der Waals surface area (Å²) in [6.07, 6.45) is 1.48. The molecule has 1 aliphatic carbocycles. The van der Waals surface area contributed by atoms with Gasteiger partial charge >= 0.3 is 12.1 Å². The number of rotatable bonds is 11. The molecule has 1 aromatic rings. The van der Waals surface area contributed by atoms with E-state index in [1.807, 2.05) is 12.2 Å². The van der Waals surface area contributed by atoms with E-state index >= 15 is 0 Å². The highest BCUT2D eigenvalue weighted by molar-refractivity contribution is 5.66. The van der Waals surface area contributed by atoms with Gasteiger partial charge in [-0.05, 0) is 43.4 Å². The van der Waals surface area contributed by atoms with Gasteiger partial charge in [0.1, 0.15) is 18.5 Å². The molecule has 9 heteroatoms. The highest BCUT2D eigenvalue weighted by atomic mass is 19.4. The maximum atomic E-state index is 12.8. The van der Waals surface area contributed by atoms with Gasteiger partial charge in [-0.1, -0.05) is 30.4 Å². The van der Waals surface area contributed by atoms with Crippen LogP contribution in [0.4, 0.5) is 13.2 Å². The van der Waals surface area contributed by atoms with E-state index in [1.54, 1.807) is 6.08 Å². The highest BCUT2D eigenvalue weighted by Gasteiger charge is 2.39. The number of carbonyl (C=O) groups is 1. The van der Waals surface area contributed by atoms with Crippen molar-refractivity contribution in [1.82, 2.24) is 0 Å². The summed E-state index contributed by atoms with van der Waals surface area (Å²) >= 11 is 0. The quantitative estimate of drug-likeness (QED) is 0.298. The first-order valence-corrected chi connectivity index (χ1v) is 10.5. The molecule has 2 rings (SSSR count). The first-order valence-electron chi connectivity index (χ1n) is 10.5. The minimum Gasteiger partial charge on any atom is -0.491 e. The van der Waals surface area contributed by atoms with Crippen LogP contribution in [0, 0.1) is 11.8 Å². The van der Waals surface area contributed by atoms with Gasteiger partial charge in [-0.2, -0.15) is 13.2 Å². The summed E-state index contributed by atoms with van der Waals surface area (Å²) < 4.78 is 43.5. The van der Waals surface area contributed by atoms with Gasteiger partial charge in [-0.25, -0.2) is 0 Å². The minimum absolute atomic E-state index is 0.0190. The second kappa shape index (κ2) is 12.0. The summed E-state index contributed by atoms with van der Waals surface area (Å²) in [6, 6.07) is 4.36. The summed E-state index contributed by atoms with van der Waals surface area (Å²) in [5.41, 5.74) is -0.845. The topological polar surface area (TPSA) is 107 Å². The average Bonchev–Trinajstić information content (AvgIpc) is 2.99. The predicted octanol–water partition coefficient (Wildman–Crippen LogP) is 3.56. The lowest BCUT2D eigenvalue weighted by Gasteiger charge is -2.19. The zero-order chi connectivity index (χ0) is 23.7. The molecule has 0 radical (unpaired) electrons. The van der Waals surface area contributed by atoms with E-state index in [0.717, 1.165) is 12.1 Å². The number of aliphatic hydroxyl groups excluding tert-OH is 3. The molecular formula is C23H29F3O6.